The number of anilines is 3. The summed E-state index contributed by atoms with van der Waals surface area (Å²) in [6.07, 6.45) is 0. The van der Waals surface area contributed by atoms with Gasteiger partial charge in [0.05, 0.1) is 5.69 Å². The third-order valence-electron chi connectivity index (χ3n) is 10.9. The number of rotatable bonds is 5. The van der Waals surface area contributed by atoms with E-state index in [1.807, 2.05) is 12.1 Å². The minimum absolute atomic E-state index is 0.0503. The predicted octanol–water partition coefficient (Wildman–Crippen LogP) is 13.8. The van der Waals surface area contributed by atoms with Crippen LogP contribution in [0.2, 0.25) is 0 Å². The van der Waals surface area contributed by atoms with Gasteiger partial charge < -0.3 is 9.32 Å². The Morgan fingerprint density at radius 3 is 1.88 bits per heavy atom. The fourth-order valence-electron chi connectivity index (χ4n) is 8.39. The van der Waals surface area contributed by atoms with Gasteiger partial charge in [0.2, 0.25) is 0 Å². The Labute approximate surface area is 297 Å². The molecule has 1 aromatic heterocycles. The summed E-state index contributed by atoms with van der Waals surface area (Å²) in [6.45, 7) is 4.68. The van der Waals surface area contributed by atoms with E-state index in [1.54, 1.807) is 0 Å². The van der Waals surface area contributed by atoms with Gasteiger partial charge >= 0.3 is 0 Å². The molecule has 2 nitrogen and oxygen atoms in total. The summed E-state index contributed by atoms with van der Waals surface area (Å²) in [5, 5.41) is 4.62. The normalized spacial score (nSPS) is 13.1. The average Bonchev–Trinajstić information content (AvgIpc) is 3.68. The number of hydrogen-bond donors (Lipinski definition) is 0. The predicted molar refractivity (Wildman–Crippen MR) is 214 cm³/mol. The molecule has 1 heterocycles. The van der Waals surface area contributed by atoms with Gasteiger partial charge in [0.1, 0.15) is 11.2 Å². The average molecular weight is 654 g/mol. The van der Waals surface area contributed by atoms with Crippen molar-refractivity contribution in [1.29, 1.82) is 0 Å². The fraction of sp³-hybridized carbons (Fsp3) is 0.0612. The summed E-state index contributed by atoms with van der Waals surface area (Å²) >= 11 is 0. The quantitative estimate of drug-likeness (QED) is 0.184. The summed E-state index contributed by atoms with van der Waals surface area (Å²) in [6, 6.07) is 63.7. The van der Waals surface area contributed by atoms with E-state index in [1.165, 1.54) is 49.9 Å². The van der Waals surface area contributed by atoms with E-state index >= 15 is 0 Å². The van der Waals surface area contributed by atoms with E-state index < -0.39 is 0 Å². The van der Waals surface area contributed by atoms with Crippen molar-refractivity contribution in [3.05, 3.63) is 187 Å². The number of para-hydroxylation sites is 2. The molecule has 51 heavy (non-hydrogen) atoms. The molecule has 0 amide bonds. The Balaban J connectivity index is 1.13. The third-order valence-corrected chi connectivity index (χ3v) is 10.9. The van der Waals surface area contributed by atoms with E-state index in [2.05, 4.69) is 183 Å². The first-order valence-corrected chi connectivity index (χ1v) is 17.7. The number of benzene rings is 8. The van der Waals surface area contributed by atoms with Crippen LogP contribution >= 0.6 is 0 Å². The van der Waals surface area contributed by atoms with Gasteiger partial charge in [-0.1, -0.05) is 147 Å². The molecule has 0 bridgehead atoms. The number of hydrogen-bond acceptors (Lipinski definition) is 2. The molecular formula is C49H35NO. The van der Waals surface area contributed by atoms with Crippen LogP contribution in [0.15, 0.2) is 180 Å². The van der Waals surface area contributed by atoms with Crippen LogP contribution in [-0.4, -0.2) is 0 Å². The lowest BCUT2D eigenvalue weighted by Gasteiger charge is -2.29. The second-order valence-corrected chi connectivity index (χ2v) is 14.1. The molecule has 242 valence electrons. The second kappa shape index (κ2) is 11.3. The first-order valence-electron chi connectivity index (χ1n) is 17.7. The molecular weight excluding hydrogens is 619 g/mol. The smallest absolute Gasteiger partial charge is 0.143 e. The van der Waals surface area contributed by atoms with Gasteiger partial charge in [-0.15, -0.1) is 0 Å². The fourth-order valence-corrected chi connectivity index (χ4v) is 8.39. The number of fused-ring (bicyclic) bond motifs is 8. The highest BCUT2D eigenvalue weighted by Crippen LogP contribution is 2.51. The van der Waals surface area contributed by atoms with E-state index in [4.69, 9.17) is 4.42 Å². The molecule has 0 saturated heterocycles. The highest BCUT2D eigenvalue weighted by Gasteiger charge is 2.35. The van der Waals surface area contributed by atoms with Crippen LogP contribution in [0.1, 0.15) is 25.0 Å². The first kappa shape index (κ1) is 29.5. The van der Waals surface area contributed by atoms with E-state index in [-0.39, 0.29) is 5.41 Å². The zero-order chi connectivity index (χ0) is 34.1. The van der Waals surface area contributed by atoms with Gasteiger partial charge in [0, 0.05) is 38.5 Å². The van der Waals surface area contributed by atoms with Crippen molar-refractivity contribution in [3.63, 3.8) is 0 Å². The van der Waals surface area contributed by atoms with Crippen molar-refractivity contribution in [2.75, 3.05) is 4.90 Å². The summed E-state index contributed by atoms with van der Waals surface area (Å²) in [7, 11) is 0. The molecule has 8 aromatic carbocycles. The highest BCUT2D eigenvalue weighted by atomic mass is 16.3. The summed E-state index contributed by atoms with van der Waals surface area (Å²) in [4.78, 5) is 2.42. The maximum Gasteiger partial charge on any atom is 0.143 e. The molecule has 0 fully saturated rings. The molecule has 1 aliphatic rings. The van der Waals surface area contributed by atoms with Crippen LogP contribution < -0.4 is 4.90 Å². The van der Waals surface area contributed by atoms with Crippen molar-refractivity contribution in [1.82, 2.24) is 0 Å². The maximum atomic E-state index is 6.41. The van der Waals surface area contributed by atoms with Gasteiger partial charge in [-0.05, 0) is 86.8 Å². The largest absolute Gasteiger partial charge is 0.455 e. The monoisotopic (exact) mass is 653 g/mol. The standard InChI is InChI=1S/C49H35NO/c1-49(2)44-20-9-6-16-39(44)43-31-35(27-30-45(43)49)50(46-21-10-7-15-37(46)32-13-4-3-5-14-32)34-25-23-33(24-26-34)36-18-12-19-41-38(36)28-29-42-40-17-8-11-22-47(40)51-48(41)42/h3-31H,1-2H3. The molecule has 0 atom stereocenters. The summed E-state index contributed by atoms with van der Waals surface area (Å²) in [5.74, 6) is 0. The van der Waals surface area contributed by atoms with Gasteiger partial charge in [0.25, 0.3) is 0 Å². The maximum absolute atomic E-state index is 6.41. The Morgan fingerprint density at radius 1 is 0.412 bits per heavy atom. The van der Waals surface area contributed by atoms with Gasteiger partial charge in [-0.25, -0.2) is 0 Å². The first-order chi connectivity index (χ1) is 25.1. The minimum atomic E-state index is -0.0503. The van der Waals surface area contributed by atoms with Crippen molar-refractivity contribution < 1.29 is 4.42 Å². The lowest BCUT2D eigenvalue weighted by atomic mass is 9.82. The van der Waals surface area contributed by atoms with Crippen molar-refractivity contribution in [2.24, 2.45) is 0 Å². The van der Waals surface area contributed by atoms with E-state index in [0.29, 0.717) is 0 Å². The topological polar surface area (TPSA) is 16.4 Å². The summed E-state index contributed by atoms with van der Waals surface area (Å²) in [5.41, 5.74) is 15.3. The van der Waals surface area contributed by atoms with Gasteiger partial charge in [-0.2, -0.15) is 0 Å². The minimum Gasteiger partial charge on any atom is -0.455 e. The summed E-state index contributed by atoms with van der Waals surface area (Å²) < 4.78 is 6.41. The third kappa shape index (κ3) is 4.57. The Bertz CT molecular complexity index is 2770. The molecule has 10 rings (SSSR count). The SMILES string of the molecule is CC1(C)c2ccccc2-c2cc(N(c3ccc(-c4cccc5c4ccc4c6ccccc6oc54)cc3)c3ccccc3-c3ccccc3)ccc21. The van der Waals surface area contributed by atoms with Crippen LogP contribution in [0.25, 0.3) is 66.1 Å². The zero-order valence-electron chi connectivity index (χ0n) is 28.6. The van der Waals surface area contributed by atoms with Crippen molar-refractivity contribution >= 4 is 49.8 Å². The Hall–Kier alpha value is -6.38. The molecule has 0 radical (unpaired) electrons. The molecule has 0 unspecified atom stereocenters. The van der Waals surface area contributed by atoms with Crippen molar-refractivity contribution in [2.45, 2.75) is 19.3 Å². The molecule has 9 aromatic rings. The van der Waals surface area contributed by atoms with E-state index in [0.717, 1.165) is 44.4 Å². The molecule has 0 spiro atoms. The van der Waals surface area contributed by atoms with Crippen LogP contribution in [-0.2, 0) is 5.41 Å². The molecule has 0 N–H and O–H groups in total. The second-order valence-electron chi connectivity index (χ2n) is 14.1. The zero-order valence-corrected chi connectivity index (χ0v) is 28.6. The Kier molecular flexibility index (Phi) is 6.56. The molecule has 0 aliphatic heterocycles. The number of furan rings is 1. The van der Waals surface area contributed by atoms with Crippen LogP contribution in [0.4, 0.5) is 17.1 Å². The molecule has 1 aliphatic carbocycles. The van der Waals surface area contributed by atoms with Crippen LogP contribution in [0.3, 0.4) is 0 Å². The van der Waals surface area contributed by atoms with Crippen LogP contribution in [0, 0.1) is 0 Å². The Morgan fingerprint density at radius 2 is 1.02 bits per heavy atom. The van der Waals surface area contributed by atoms with Crippen LogP contribution in [0.5, 0.6) is 0 Å². The van der Waals surface area contributed by atoms with Crippen molar-refractivity contribution in [3.8, 4) is 33.4 Å². The lowest BCUT2D eigenvalue weighted by Crippen LogP contribution is -2.15. The number of nitrogens with zero attached hydrogens (tertiary/aromatic N) is 1. The molecule has 0 saturated carbocycles. The van der Waals surface area contributed by atoms with Gasteiger partial charge in [-0.3, -0.25) is 0 Å². The highest BCUT2D eigenvalue weighted by molar-refractivity contribution is 6.17. The van der Waals surface area contributed by atoms with E-state index in [9.17, 15) is 0 Å². The lowest BCUT2D eigenvalue weighted by molar-refractivity contribution is 0.660. The molecule has 2 heteroatoms. The van der Waals surface area contributed by atoms with Gasteiger partial charge in [0.15, 0.2) is 0 Å².